The maximum atomic E-state index is 13.4. The zero-order valence-electron chi connectivity index (χ0n) is 17.1. The summed E-state index contributed by atoms with van der Waals surface area (Å²) in [5.74, 6) is -0.148. The number of sulfonamides is 1. The molecule has 33 heavy (non-hydrogen) atoms. The molecule has 2 aliphatic rings. The van der Waals surface area contributed by atoms with Crippen LogP contribution in [0.2, 0.25) is 5.02 Å². The van der Waals surface area contributed by atoms with E-state index < -0.39 is 10.0 Å². The number of aromatic nitrogens is 2. The van der Waals surface area contributed by atoms with Crippen LogP contribution >= 0.6 is 11.6 Å². The number of nitrogens with zero attached hydrogens (tertiary/aromatic N) is 3. The van der Waals surface area contributed by atoms with Gasteiger partial charge in [-0.25, -0.2) is 12.8 Å². The number of halogens is 2. The first-order chi connectivity index (χ1) is 15.8. The van der Waals surface area contributed by atoms with Crippen molar-refractivity contribution in [3.05, 3.63) is 53.1 Å². The van der Waals surface area contributed by atoms with E-state index in [1.54, 1.807) is 12.1 Å². The fourth-order valence-corrected chi connectivity index (χ4v) is 5.94. The predicted molar refractivity (Wildman–Crippen MR) is 116 cm³/mol. The van der Waals surface area contributed by atoms with E-state index in [0.717, 1.165) is 0 Å². The number of nitrogens with one attached hydrogen (secondary N) is 1. The molecule has 1 atom stereocenters. The Balaban J connectivity index is 1.39. The predicted octanol–water partition coefficient (Wildman–Crippen LogP) is 3.43. The maximum Gasteiger partial charge on any atom is 0.262 e. The van der Waals surface area contributed by atoms with Gasteiger partial charge in [0.05, 0.1) is 16.6 Å². The van der Waals surface area contributed by atoms with Gasteiger partial charge in [0.15, 0.2) is 6.61 Å². The van der Waals surface area contributed by atoms with E-state index in [0.29, 0.717) is 42.4 Å². The van der Waals surface area contributed by atoms with Gasteiger partial charge in [-0.1, -0.05) is 16.8 Å². The molecule has 1 saturated heterocycles. The summed E-state index contributed by atoms with van der Waals surface area (Å²) in [6, 6.07) is 8.40. The zero-order chi connectivity index (χ0) is 23.2. The second-order valence-corrected chi connectivity index (χ2v) is 10.1. The molecule has 3 heterocycles. The van der Waals surface area contributed by atoms with Gasteiger partial charge in [0.25, 0.3) is 5.91 Å². The Morgan fingerprint density at radius 2 is 2.00 bits per heavy atom. The largest absolute Gasteiger partial charge is 0.482 e. The molecule has 1 amide bonds. The van der Waals surface area contributed by atoms with Gasteiger partial charge in [-0.2, -0.15) is 9.29 Å². The average Bonchev–Trinajstić information content (AvgIpc) is 3.29. The molecular formula is C21H18ClFN4O5S. The molecule has 3 aromatic rings. The number of hydrogen-bond acceptors (Lipinski definition) is 7. The van der Waals surface area contributed by atoms with E-state index in [-0.39, 0.29) is 46.5 Å². The summed E-state index contributed by atoms with van der Waals surface area (Å²) >= 11 is 6.27. The van der Waals surface area contributed by atoms with Crippen LogP contribution < -0.4 is 10.1 Å². The van der Waals surface area contributed by atoms with Crippen LogP contribution in [0.1, 0.15) is 24.7 Å². The summed E-state index contributed by atoms with van der Waals surface area (Å²) in [6.07, 6.45) is 1.26. The minimum Gasteiger partial charge on any atom is -0.482 e. The van der Waals surface area contributed by atoms with Crippen molar-refractivity contribution < 1.29 is 26.9 Å². The van der Waals surface area contributed by atoms with Crippen molar-refractivity contribution in [2.24, 2.45) is 0 Å². The lowest BCUT2D eigenvalue weighted by Gasteiger charge is -2.30. The second-order valence-electron chi connectivity index (χ2n) is 7.78. The SMILES string of the molecule is O=C1COc2cc(S(=O)(=O)N3CCCC(c4nc(-c5ccc(F)cc5)no4)C3)c(Cl)cc2N1. The summed E-state index contributed by atoms with van der Waals surface area (Å²) in [6.45, 7) is 0.245. The summed E-state index contributed by atoms with van der Waals surface area (Å²) in [7, 11) is -3.95. The number of piperidine rings is 1. The van der Waals surface area contributed by atoms with Crippen LogP contribution in [-0.4, -0.2) is 48.5 Å². The van der Waals surface area contributed by atoms with Crippen molar-refractivity contribution in [2.75, 3.05) is 25.0 Å². The number of amides is 1. The first kappa shape index (κ1) is 21.8. The molecule has 1 aromatic heterocycles. The van der Waals surface area contributed by atoms with Gasteiger partial charge in [-0.3, -0.25) is 4.79 Å². The van der Waals surface area contributed by atoms with Crippen molar-refractivity contribution in [1.82, 2.24) is 14.4 Å². The van der Waals surface area contributed by atoms with Crippen LogP contribution in [0.15, 0.2) is 45.8 Å². The van der Waals surface area contributed by atoms with Crippen LogP contribution in [0.25, 0.3) is 11.4 Å². The van der Waals surface area contributed by atoms with E-state index in [1.165, 1.54) is 28.6 Å². The molecule has 9 nitrogen and oxygen atoms in total. The first-order valence-electron chi connectivity index (χ1n) is 10.2. The number of hydrogen-bond donors (Lipinski definition) is 1. The van der Waals surface area contributed by atoms with Crippen LogP contribution in [0, 0.1) is 5.82 Å². The smallest absolute Gasteiger partial charge is 0.262 e. The molecule has 2 aliphatic heterocycles. The van der Waals surface area contributed by atoms with Gasteiger partial charge in [-0.05, 0) is 43.2 Å². The third-order valence-electron chi connectivity index (χ3n) is 5.56. The third-order valence-corrected chi connectivity index (χ3v) is 7.89. The highest BCUT2D eigenvalue weighted by Crippen LogP contribution is 2.38. The third kappa shape index (κ3) is 4.19. The number of carbonyl (C=O) groups excluding carboxylic acids is 1. The molecule has 0 radical (unpaired) electrons. The van der Waals surface area contributed by atoms with Gasteiger partial charge < -0.3 is 14.6 Å². The number of benzene rings is 2. The van der Waals surface area contributed by atoms with E-state index in [2.05, 4.69) is 15.5 Å². The van der Waals surface area contributed by atoms with E-state index >= 15 is 0 Å². The number of anilines is 1. The zero-order valence-corrected chi connectivity index (χ0v) is 18.7. The molecule has 0 saturated carbocycles. The molecule has 2 aromatic carbocycles. The Morgan fingerprint density at radius 3 is 2.79 bits per heavy atom. The lowest BCUT2D eigenvalue weighted by Crippen LogP contribution is -2.39. The van der Waals surface area contributed by atoms with Crippen molar-refractivity contribution in [3.63, 3.8) is 0 Å². The van der Waals surface area contributed by atoms with Crippen LogP contribution in [0.4, 0.5) is 10.1 Å². The molecule has 172 valence electrons. The van der Waals surface area contributed by atoms with Gasteiger partial charge in [0.1, 0.15) is 16.5 Å². The van der Waals surface area contributed by atoms with E-state index in [1.807, 2.05) is 0 Å². The van der Waals surface area contributed by atoms with Gasteiger partial charge in [0, 0.05) is 24.7 Å². The van der Waals surface area contributed by atoms with Gasteiger partial charge in [-0.15, -0.1) is 0 Å². The Morgan fingerprint density at radius 1 is 1.21 bits per heavy atom. The van der Waals surface area contributed by atoms with Crippen LogP contribution in [0.5, 0.6) is 5.75 Å². The maximum absolute atomic E-state index is 13.4. The topological polar surface area (TPSA) is 115 Å². The van der Waals surface area contributed by atoms with Crippen molar-refractivity contribution >= 4 is 33.2 Å². The number of rotatable bonds is 4. The summed E-state index contributed by atoms with van der Waals surface area (Å²) < 4.78 is 52.0. The van der Waals surface area contributed by atoms with E-state index in [4.69, 9.17) is 20.9 Å². The number of ether oxygens (including phenoxy) is 1. The Kier molecular flexibility index (Phi) is 5.55. The minimum absolute atomic E-state index is 0.0157. The summed E-state index contributed by atoms with van der Waals surface area (Å²) in [4.78, 5) is 15.8. The van der Waals surface area contributed by atoms with E-state index in [9.17, 15) is 17.6 Å². The van der Waals surface area contributed by atoms with Gasteiger partial charge >= 0.3 is 0 Å². The quantitative estimate of drug-likeness (QED) is 0.593. The number of fused-ring (bicyclic) bond motifs is 1. The van der Waals surface area contributed by atoms with Crippen LogP contribution in [-0.2, 0) is 14.8 Å². The van der Waals surface area contributed by atoms with Crippen molar-refractivity contribution in [2.45, 2.75) is 23.7 Å². The Labute approximate surface area is 193 Å². The average molecular weight is 493 g/mol. The lowest BCUT2D eigenvalue weighted by atomic mass is 10.00. The first-order valence-corrected chi connectivity index (χ1v) is 12.0. The summed E-state index contributed by atoms with van der Waals surface area (Å²) in [5, 5.41) is 6.54. The van der Waals surface area contributed by atoms with Gasteiger partial charge in [0.2, 0.25) is 21.7 Å². The molecule has 1 N–H and O–H groups in total. The molecule has 1 fully saturated rings. The monoisotopic (exact) mass is 492 g/mol. The highest BCUT2D eigenvalue weighted by molar-refractivity contribution is 7.89. The minimum atomic E-state index is -3.95. The number of carbonyl (C=O) groups is 1. The fraction of sp³-hybridized carbons (Fsp3) is 0.286. The second kappa shape index (κ2) is 8.40. The molecule has 0 aliphatic carbocycles. The Hall–Kier alpha value is -3.02. The molecule has 0 spiro atoms. The standard InChI is InChI=1S/C21H18ClFN4O5S/c22-15-8-16-17(31-11-19(28)24-16)9-18(15)33(29,30)27-7-1-2-13(10-27)21-25-20(26-32-21)12-3-5-14(23)6-4-12/h3-6,8-9,13H,1-2,7,10-11H2,(H,24,28). The summed E-state index contributed by atoms with van der Waals surface area (Å²) in [5.41, 5.74) is 0.922. The van der Waals surface area contributed by atoms with Crippen molar-refractivity contribution in [1.29, 1.82) is 0 Å². The molecule has 0 bridgehead atoms. The highest BCUT2D eigenvalue weighted by Gasteiger charge is 2.35. The lowest BCUT2D eigenvalue weighted by molar-refractivity contribution is -0.118. The van der Waals surface area contributed by atoms with Crippen molar-refractivity contribution in [3.8, 4) is 17.1 Å². The molecule has 12 heteroatoms. The molecular weight excluding hydrogens is 475 g/mol. The molecule has 1 unspecified atom stereocenters. The normalized spacial score (nSPS) is 19.0. The van der Waals surface area contributed by atoms with Crippen LogP contribution in [0.3, 0.4) is 0 Å². The fourth-order valence-electron chi connectivity index (χ4n) is 3.90. The molecule has 5 rings (SSSR count). The highest BCUT2D eigenvalue weighted by atomic mass is 35.5. The Bertz CT molecular complexity index is 1330.